The average molecular weight is 203 g/mol. The van der Waals surface area contributed by atoms with Gasteiger partial charge in [0.05, 0.1) is 18.8 Å². The lowest BCUT2D eigenvalue weighted by molar-refractivity contribution is 0.175. The molecule has 3 N–H and O–H groups in total. The van der Waals surface area contributed by atoms with Gasteiger partial charge in [0.15, 0.2) is 11.6 Å². The SMILES string of the molecule is COc1ccc(F)c(F)c1C(O)CN. The number of nitrogens with two attached hydrogens (primary N) is 1. The third-order valence-corrected chi connectivity index (χ3v) is 1.87. The van der Waals surface area contributed by atoms with Crippen LogP contribution in [0.5, 0.6) is 5.75 Å². The van der Waals surface area contributed by atoms with Gasteiger partial charge in [-0.1, -0.05) is 0 Å². The van der Waals surface area contributed by atoms with Crippen LogP contribution in [0.3, 0.4) is 0 Å². The smallest absolute Gasteiger partial charge is 0.168 e. The van der Waals surface area contributed by atoms with Crippen molar-refractivity contribution < 1.29 is 18.6 Å². The fourth-order valence-corrected chi connectivity index (χ4v) is 1.15. The highest BCUT2D eigenvalue weighted by Crippen LogP contribution is 2.28. The minimum Gasteiger partial charge on any atom is -0.496 e. The first kappa shape index (κ1) is 10.9. The summed E-state index contributed by atoms with van der Waals surface area (Å²) >= 11 is 0. The molecule has 0 saturated heterocycles. The van der Waals surface area contributed by atoms with Gasteiger partial charge in [-0.2, -0.15) is 0 Å². The Morgan fingerprint density at radius 2 is 2.14 bits per heavy atom. The number of aliphatic hydroxyl groups is 1. The number of ether oxygens (including phenoxy) is 1. The van der Waals surface area contributed by atoms with Crippen LogP contribution < -0.4 is 10.5 Å². The van der Waals surface area contributed by atoms with Crippen molar-refractivity contribution in [2.45, 2.75) is 6.10 Å². The van der Waals surface area contributed by atoms with Gasteiger partial charge in [-0.3, -0.25) is 0 Å². The second-order valence-corrected chi connectivity index (χ2v) is 2.73. The summed E-state index contributed by atoms with van der Waals surface area (Å²) in [5.41, 5.74) is 4.91. The number of methoxy groups -OCH3 is 1. The summed E-state index contributed by atoms with van der Waals surface area (Å²) in [6.45, 7) is -0.198. The molecule has 1 aromatic carbocycles. The number of benzene rings is 1. The second-order valence-electron chi connectivity index (χ2n) is 2.73. The van der Waals surface area contributed by atoms with Crippen molar-refractivity contribution in [1.82, 2.24) is 0 Å². The van der Waals surface area contributed by atoms with Crippen LogP contribution in [0.15, 0.2) is 12.1 Å². The van der Waals surface area contributed by atoms with Gasteiger partial charge in [-0.15, -0.1) is 0 Å². The number of halogens is 2. The highest BCUT2D eigenvalue weighted by Gasteiger charge is 2.20. The van der Waals surface area contributed by atoms with E-state index in [0.29, 0.717) is 0 Å². The summed E-state index contributed by atoms with van der Waals surface area (Å²) in [5, 5.41) is 9.33. The molecule has 14 heavy (non-hydrogen) atoms. The monoisotopic (exact) mass is 203 g/mol. The molecule has 5 heteroatoms. The Labute approximate surface area is 80.1 Å². The molecule has 3 nitrogen and oxygen atoms in total. The van der Waals surface area contributed by atoms with Gasteiger partial charge in [-0.05, 0) is 12.1 Å². The van der Waals surface area contributed by atoms with E-state index in [9.17, 15) is 13.9 Å². The van der Waals surface area contributed by atoms with E-state index in [1.54, 1.807) is 0 Å². The van der Waals surface area contributed by atoms with Crippen LogP contribution in [0, 0.1) is 11.6 Å². The van der Waals surface area contributed by atoms with Crippen LogP contribution in [0.4, 0.5) is 8.78 Å². The molecule has 0 saturated carbocycles. The topological polar surface area (TPSA) is 55.5 Å². The van der Waals surface area contributed by atoms with Gasteiger partial charge >= 0.3 is 0 Å². The normalized spacial score (nSPS) is 12.6. The molecule has 0 aliphatic carbocycles. The standard InChI is InChI=1S/C9H11F2NO2/c1-14-7-3-2-5(10)9(11)8(7)6(13)4-12/h2-3,6,13H,4,12H2,1H3. The fourth-order valence-electron chi connectivity index (χ4n) is 1.15. The van der Waals surface area contributed by atoms with Gasteiger partial charge in [-0.25, -0.2) is 8.78 Å². The molecule has 1 rings (SSSR count). The largest absolute Gasteiger partial charge is 0.496 e. The lowest BCUT2D eigenvalue weighted by Crippen LogP contribution is -2.15. The van der Waals surface area contributed by atoms with E-state index in [0.717, 1.165) is 6.07 Å². The lowest BCUT2D eigenvalue weighted by atomic mass is 10.1. The third kappa shape index (κ3) is 1.83. The van der Waals surface area contributed by atoms with Crippen molar-refractivity contribution in [3.8, 4) is 5.75 Å². The Bertz CT molecular complexity index is 331. The molecule has 0 heterocycles. The Balaban J connectivity index is 3.27. The van der Waals surface area contributed by atoms with Crippen LogP contribution in [0.1, 0.15) is 11.7 Å². The van der Waals surface area contributed by atoms with Crippen molar-refractivity contribution in [3.63, 3.8) is 0 Å². The summed E-state index contributed by atoms with van der Waals surface area (Å²) in [7, 11) is 1.30. The fraction of sp³-hybridized carbons (Fsp3) is 0.333. The zero-order chi connectivity index (χ0) is 10.7. The predicted molar refractivity (Wildman–Crippen MR) is 46.9 cm³/mol. The minimum atomic E-state index is -1.26. The Morgan fingerprint density at radius 3 is 2.64 bits per heavy atom. The maximum Gasteiger partial charge on any atom is 0.168 e. The van der Waals surface area contributed by atoms with E-state index in [2.05, 4.69) is 0 Å². The molecular weight excluding hydrogens is 192 g/mol. The molecular formula is C9H11F2NO2. The zero-order valence-corrected chi connectivity index (χ0v) is 7.63. The van der Waals surface area contributed by atoms with Crippen molar-refractivity contribution >= 4 is 0 Å². The first-order valence-electron chi connectivity index (χ1n) is 4.01. The first-order chi connectivity index (χ1) is 6.61. The summed E-state index contributed by atoms with van der Waals surface area (Å²) in [6, 6.07) is 2.17. The summed E-state index contributed by atoms with van der Waals surface area (Å²) in [6.07, 6.45) is -1.26. The molecule has 1 aromatic rings. The second kappa shape index (κ2) is 4.34. The van der Waals surface area contributed by atoms with Crippen LogP contribution in [0.25, 0.3) is 0 Å². The maximum atomic E-state index is 13.2. The highest BCUT2D eigenvalue weighted by atomic mass is 19.2. The molecule has 78 valence electrons. The number of rotatable bonds is 3. The van der Waals surface area contributed by atoms with Crippen molar-refractivity contribution in [2.75, 3.05) is 13.7 Å². The predicted octanol–water partition coefficient (Wildman–Crippen LogP) is 0.966. The van der Waals surface area contributed by atoms with E-state index in [1.165, 1.54) is 13.2 Å². The van der Waals surface area contributed by atoms with Crippen molar-refractivity contribution in [2.24, 2.45) is 5.73 Å². The van der Waals surface area contributed by atoms with Gasteiger partial charge in [0.1, 0.15) is 5.75 Å². The molecule has 0 aromatic heterocycles. The Kier molecular flexibility index (Phi) is 3.38. The van der Waals surface area contributed by atoms with Gasteiger partial charge in [0, 0.05) is 6.54 Å². The number of hydrogen-bond acceptors (Lipinski definition) is 3. The van der Waals surface area contributed by atoms with Crippen LogP contribution in [-0.2, 0) is 0 Å². The molecule has 1 unspecified atom stereocenters. The minimum absolute atomic E-state index is 0.0850. The molecule has 0 aliphatic heterocycles. The average Bonchev–Trinajstić information content (AvgIpc) is 2.20. The lowest BCUT2D eigenvalue weighted by Gasteiger charge is -2.13. The Morgan fingerprint density at radius 1 is 1.50 bits per heavy atom. The quantitative estimate of drug-likeness (QED) is 0.769. The summed E-state index contributed by atoms with van der Waals surface area (Å²) in [5.74, 6) is -2.07. The van der Waals surface area contributed by atoms with E-state index in [1.807, 2.05) is 0 Å². The van der Waals surface area contributed by atoms with Gasteiger partial charge < -0.3 is 15.6 Å². The molecule has 0 amide bonds. The molecule has 0 fully saturated rings. The van der Waals surface area contributed by atoms with Crippen LogP contribution >= 0.6 is 0 Å². The maximum absolute atomic E-state index is 13.2. The molecule has 0 aliphatic rings. The molecule has 0 bridgehead atoms. The van der Waals surface area contributed by atoms with Crippen LogP contribution in [-0.4, -0.2) is 18.8 Å². The Hall–Kier alpha value is -1.20. The first-order valence-corrected chi connectivity index (χ1v) is 4.01. The number of aliphatic hydroxyl groups excluding tert-OH is 1. The van der Waals surface area contributed by atoms with E-state index in [4.69, 9.17) is 10.5 Å². The number of hydrogen-bond donors (Lipinski definition) is 2. The zero-order valence-electron chi connectivity index (χ0n) is 7.63. The van der Waals surface area contributed by atoms with Crippen molar-refractivity contribution in [1.29, 1.82) is 0 Å². The van der Waals surface area contributed by atoms with Gasteiger partial charge in [0.2, 0.25) is 0 Å². The van der Waals surface area contributed by atoms with E-state index in [-0.39, 0.29) is 17.9 Å². The van der Waals surface area contributed by atoms with Crippen LogP contribution in [0.2, 0.25) is 0 Å². The summed E-state index contributed by atoms with van der Waals surface area (Å²) in [4.78, 5) is 0. The summed E-state index contributed by atoms with van der Waals surface area (Å²) < 4.78 is 30.8. The molecule has 0 radical (unpaired) electrons. The molecule has 1 atom stereocenters. The van der Waals surface area contributed by atoms with E-state index >= 15 is 0 Å². The highest BCUT2D eigenvalue weighted by molar-refractivity contribution is 5.37. The third-order valence-electron chi connectivity index (χ3n) is 1.87. The van der Waals surface area contributed by atoms with Gasteiger partial charge in [0.25, 0.3) is 0 Å². The van der Waals surface area contributed by atoms with Crippen molar-refractivity contribution in [3.05, 3.63) is 29.3 Å². The van der Waals surface area contributed by atoms with E-state index < -0.39 is 17.7 Å². The molecule has 0 spiro atoms.